The molecule has 2 saturated carbocycles. The molecule has 20 heavy (non-hydrogen) atoms. The Labute approximate surface area is 121 Å². The van der Waals surface area contributed by atoms with E-state index >= 15 is 0 Å². The van der Waals surface area contributed by atoms with Gasteiger partial charge >= 0.3 is 0 Å². The van der Waals surface area contributed by atoms with Crippen LogP contribution in [-0.2, 0) is 0 Å². The molecule has 0 heterocycles. The Balaban J connectivity index is 1.61. The number of hydrogen-bond donors (Lipinski definition) is 0. The molecule has 4 unspecified atom stereocenters. The monoisotopic (exact) mass is 262 g/mol. The Bertz CT molecular complexity index is 564. The fourth-order valence-electron chi connectivity index (χ4n) is 5.29. The van der Waals surface area contributed by atoms with E-state index in [4.69, 9.17) is 0 Å². The smallest absolute Gasteiger partial charge is 0.0149 e. The number of benzene rings is 1. The van der Waals surface area contributed by atoms with E-state index in [1.165, 1.54) is 38.5 Å². The molecule has 5 rings (SSSR count). The predicted octanol–water partition coefficient (Wildman–Crippen LogP) is 5.31. The van der Waals surface area contributed by atoms with Gasteiger partial charge in [-0.1, -0.05) is 36.4 Å². The molecule has 2 fully saturated rings. The van der Waals surface area contributed by atoms with Crippen LogP contribution in [0.2, 0.25) is 0 Å². The Morgan fingerprint density at radius 3 is 1.50 bits per heavy atom. The summed E-state index contributed by atoms with van der Waals surface area (Å²) in [7, 11) is 0. The molecule has 0 aromatic heterocycles. The first-order valence-electron chi connectivity index (χ1n) is 8.41. The van der Waals surface area contributed by atoms with Crippen LogP contribution < -0.4 is 0 Å². The van der Waals surface area contributed by atoms with Gasteiger partial charge in [0.1, 0.15) is 0 Å². The Hall–Kier alpha value is -1.30. The van der Waals surface area contributed by atoms with Crippen molar-refractivity contribution >= 4 is 11.1 Å². The standard InChI is InChI=1S/C20H22/c1-2-4-18(20-12-14-6-8-16(20)10-14)17(3-1)19-11-13-5-7-15(19)9-13/h1-4,11-16H,5-10H2. The van der Waals surface area contributed by atoms with Crippen molar-refractivity contribution in [1.82, 2.24) is 0 Å². The van der Waals surface area contributed by atoms with Gasteiger partial charge in [0.25, 0.3) is 0 Å². The summed E-state index contributed by atoms with van der Waals surface area (Å²) in [6.45, 7) is 0. The lowest BCUT2D eigenvalue weighted by molar-refractivity contribution is 0.694. The van der Waals surface area contributed by atoms with Crippen LogP contribution >= 0.6 is 0 Å². The van der Waals surface area contributed by atoms with Gasteiger partial charge in [0.05, 0.1) is 0 Å². The van der Waals surface area contributed by atoms with E-state index in [1.54, 1.807) is 22.3 Å². The third-order valence-electron chi connectivity index (χ3n) is 6.21. The summed E-state index contributed by atoms with van der Waals surface area (Å²) in [5.74, 6) is 3.50. The molecule has 0 N–H and O–H groups in total. The maximum absolute atomic E-state index is 2.60. The normalized spacial score (nSPS) is 37.4. The van der Waals surface area contributed by atoms with Gasteiger partial charge in [0, 0.05) is 0 Å². The zero-order valence-electron chi connectivity index (χ0n) is 12.0. The molecule has 4 aliphatic carbocycles. The number of rotatable bonds is 2. The molecule has 4 atom stereocenters. The summed E-state index contributed by atoms with van der Waals surface area (Å²) in [5.41, 5.74) is 6.50. The summed E-state index contributed by atoms with van der Waals surface area (Å²) in [4.78, 5) is 0. The van der Waals surface area contributed by atoms with Crippen LogP contribution in [0, 0.1) is 23.7 Å². The van der Waals surface area contributed by atoms with E-state index in [1.807, 2.05) is 0 Å². The zero-order chi connectivity index (χ0) is 13.1. The van der Waals surface area contributed by atoms with Crippen molar-refractivity contribution in [3.8, 4) is 0 Å². The highest BCUT2D eigenvalue weighted by Gasteiger charge is 2.37. The van der Waals surface area contributed by atoms with Crippen LogP contribution in [0.3, 0.4) is 0 Å². The lowest BCUT2D eigenvalue weighted by Crippen LogP contribution is -2.03. The maximum Gasteiger partial charge on any atom is -0.0149 e. The molecule has 0 heteroatoms. The zero-order valence-corrected chi connectivity index (χ0v) is 12.0. The minimum atomic E-state index is 0.861. The molecule has 0 nitrogen and oxygen atoms in total. The largest absolute Gasteiger partial charge is 0.0773 e. The van der Waals surface area contributed by atoms with Gasteiger partial charge in [-0.15, -0.1) is 0 Å². The highest BCUT2D eigenvalue weighted by Crippen LogP contribution is 2.52. The second-order valence-corrected chi connectivity index (χ2v) is 7.33. The molecular weight excluding hydrogens is 240 g/mol. The van der Waals surface area contributed by atoms with Crippen molar-refractivity contribution < 1.29 is 0 Å². The van der Waals surface area contributed by atoms with Gasteiger partial charge in [-0.2, -0.15) is 0 Å². The van der Waals surface area contributed by atoms with Crippen molar-refractivity contribution in [3.63, 3.8) is 0 Å². The maximum atomic E-state index is 2.60. The number of allylic oxidation sites excluding steroid dienone is 4. The fourth-order valence-corrected chi connectivity index (χ4v) is 5.29. The van der Waals surface area contributed by atoms with Crippen LogP contribution in [0.25, 0.3) is 11.1 Å². The van der Waals surface area contributed by atoms with Gasteiger partial charge < -0.3 is 0 Å². The fraction of sp³-hybridized carbons (Fsp3) is 0.500. The van der Waals surface area contributed by atoms with E-state index < -0.39 is 0 Å². The third-order valence-corrected chi connectivity index (χ3v) is 6.21. The van der Waals surface area contributed by atoms with E-state index in [0.717, 1.165) is 23.7 Å². The predicted molar refractivity (Wildman–Crippen MR) is 84.1 cm³/mol. The Morgan fingerprint density at radius 1 is 0.650 bits per heavy atom. The summed E-state index contributed by atoms with van der Waals surface area (Å²) in [6, 6.07) is 9.24. The molecule has 4 bridgehead atoms. The van der Waals surface area contributed by atoms with E-state index in [2.05, 4.69) is 36.4 Å². The minimum Gasteiger partial charge on any atom is -0.0773 e. The van der Waals surface area contributed by atoms with Crippen LogP contribution in [0.5, 0.6) is 0 Å². The van der Waals surface area contributed by atoms with Crippen molar-refractivity contribution in [2.45, 2.75) is 38.5 Å². The third kappa shape index (κ3) is 1.54. The first-order chi connectivity index (χ1) is 9.88. The Morgan fingerprint density at radius 2 is 1.15 bits per heavy atom. The minimum absolute atomic E-state index is 0.861. The molecule has 0 spiro atoms. The molecule has 4 aliphatic rings. The van der Waals surface area contributed by atoms with Crippen LogP contribution in [-0.4, -0.2) is 0 Å². The summed E-state index contributed by atoms with van der Waals surface area (Å²) in [6.07, 6.45) is 13.8. The number of fused-ring (bicyclic) bond motifs is 4. The van der Waals surface area contributed by atoms with E-state index in [-0.39, 0.29) is 0 Å². The van der Waals surface area contributed by atoms with Crippen LogP contribution in [0.4, 0.5) is 0 Å². The summed E-state index contributed by atoms with van der Waals surface area (Å²) >= 11 is 0. The molecule has 0 amide bonds. The summed E-state index contributed by atoms with van der Waals surface area (Å²) < 4.78 is 0. The average Bonchev–Trinajstić information content (AvgIpc) is 3.26. The lowest BCUT2D eigenvalue weighted by atomic mass is 9.83. The van der Waals surface area contributed by atoms with E-state index in [9.17, 15) is 0 Å². The number of hydrogen-bond acceptors (Lipinski definition) is 0. The molecule has 1 aromatic carbocycles. The van der Waals surface area contributed by atoms with Crippen molar-refractivity contribution in [2.75, 3.05) is 0 Å². The van der Waals surface area contributed by atoms with Gasteiger partial charge in [0.15, 0.2) is 0 Å². The first kappa shape index (κ1) is 11.4. The van der Waals surface area contributed by atoms with Crippen molar-refractivity contribution in [2.24, 2.45) is 23.7 Å². The van der Waals surface area contributed by atoms with Crippen LogP contribution in [0.1, 0.15) is 49.7 Å². The Kier molecular flexibility index (Phi) is 2.33. The van der Waals surface area contributed by atoms with Gasteiger partial charge in [-0.3, -0.25) is 0 Å². The SMILES string of the molecule is C1=C(c2ccccc2C2=CC3CCC2C3)C2CCC1C2. The highest BCUT2D eigenvalue weighted by atomic mass is 14.4. The van der Waals surface area contributed by atoms with Crippen molar-refractivity contribution in [1.29, 1.82) is 0 Å². The molecule has 0 aliphatic heterocycles. The average molecular weight is 262 g/mol. The van der Waals surface area contributed by atoms with Crippen molar-refractivity contribution in [3.05, 3.63) is 47.5 Å². The molecule has 1 aromatic rings. The first-order valence-corrected chi connectivity index (χ1v) is 8.41. The van der Waals surface area contributed by atoms with Gasteiger partial charge in [-0.25, -0.2) is 0 Å². The molecule has 0 saturated heterocycles. The van der Waals surface area contributed by atoms with Crippen LogP contribution in [0.15, 0.2) is 36.4 Å². The molecule has 0 radical (unpaired) electrons. The second-order valence-electron chi connectivity index (χ2n) is 7.33. The van der Waals surface area contributed by atoms with Gasteiger partial charge in [-0.05, 0) is 84.5 Å². The molecule has 102 valence electrons. The summed E-state index contributed by atoms with van der Waals surface area (Å²) in [5, 5.41) is 0. The second kappa shape index (κ2) is 4.10. The lowest BCUT2D eigenvalue weighted by Gasteiger charge is -2.21. The van der Waals surface area contributed by atoms with E-state index in [0.29, 0.717) is 0 Å². The topological polar surface area (TPSA) is 0 Å². The van der Waals surface area contributed by atoms with Gasteiger partial charge in [0.2, 0.25) is 0 Å². The quantitative estimate of drug-likeness (QED) is 0.677. The highest BCUT2D eigenvalue weighted by molar-refractivity contribution is 5.83. The molecular formula is C20H22.